The van der Waals surface area contributed by atoms with E-state index in [2.05, 4.69) is 15.2 Å². The van der Waals surface area contributed by atoms with Gasteiger partial charge in [-0.25, -0.2) is 5.10 Å². The molecule has 2 aromatic heterocycles. The Kier molecular flexibility index (Phi) is 2.51. The van der Waals surface area contributed by atoms with E-state index in [9.17, 15) is 0 Å². The number of nitrogens with one attached hydrogen (secondary N) is 1. The van der Waals surface area contributed by atoms with Gasteiger partial charge >= 0.3 is 0 Å². The second kappa shape index (κ2) is 3.82. The van der Waals surface area contributed by atoms with E-state index in [1.807, 2.05) is 19.2 Å². The monoisotopic (exact) mass is 221 g/mol. The molecule has 0 aliphatic heterocycles. The summed E-state index contributed by atoms with van der Waals surface area (Å²) in [5, 5.41) is 6.49. The van der Waals surface area contributed by atoms with Crippen molar-refractivity contribution in [3.05, 3.63) is 34.4 Å². The number of pyridine rings is 1. The van der Waals surface area contributed by atoms with Gasteiger partial charge in [0.05, 0.1) is 6.54 Å². The highest BCUT2D eigenvalue weighted by Crippen LogP contribution is 2.09. The van der Waals surface area contributed by atoms with Gasteiger partial charge in [-0.3, -0.25) is 9.55 Å². The summed E-state index contributed by atoms with van der Waals surface area (Å²) in [5.41, 5.74) is 7.92. The molecule has 3 N–H and O–H groups in total. The van der Waals surface area contributed by atoms with Crippen molar-refractivity contribution < 1.29 is 0 Å². The fourth-order valence-electron chi connectivity index (χ4n) is 1.32. The van der Waals surface area contributed by atoms with Gasteiger partial charge in [0, 0.05) is 12.4 Å². The molecule has 0 aliphatic rings. The van der Waals surface area contributed by atoms with Crippen molar-refractivity contribution in [2.24, 2.45) is 0 Å². The number of nitrogens with zero attached hydrogens (tertiary/aromatic N) is 3. The first kappa shape index (κ1) is 9.85. The third-order valence-corrected chi connectivity index (χ3v) is 2.58. The van der Waals surface area contributed by atoms with Crippen LogP contribution in [0.2, 0.25) is 0 Å². The maximum atomic E-state index is 5.67. The Labute approximate surface area is 92.0 Å². The molecule has 0 saturated heterocycles. The molecule has 0 aliphatic carbocycles. The van der Waals surface area contributed by atoms with Gasteiger partial charge in [0.25, 0.3) is 0 Å². The van der Waals surface area contributed by atoms with Crippen LogP contribution < -0.4 is 5.73 Å². The summed E-state index contributed by atoms with van der Waals surface area (Å²) in [4.78, 5) is 4.07. The van der Waals surface area contributed by atoms with Crippen molar-refractivity contribution >= 4 is 18.2 Å². The molecule has 0 radical (unpaired) electrons. The van der Waals surface area contributed by atoms with Gasteiger partial charge in [-0.2, -0.15) is 0 Å². The summed E-state index contributed by atoms with van der Waals surface area (Å²) in [6, 6.07) is 1.95. The number of aromatic amines is 1. The van der Waals surface area contributed by atoms with Crippen molar-refractivity contribution in [1.29, 1.82) is 0 Å². The van der Waals surface area contributed by atoms with E-state index in [-0.39, 0.29) is 0 Å². The Hall–Kier alpha value is -1.69. The molecule has 0 saturated carbocycles. The van der Waals surface area contributed by atoms with Gasteiger partial charge in [0.15, 0.2) is 4.77 Å². The number of rotatable bonds is 2. The zero-order valence-corrected chi connectivity index (χ0v) is 9.08. The van der Waals surface area contributed by atoms with Gasteiger partial charge in [0.1, 0.15) is 0 Å². The number of aromatic nitrogens is 4. The van der Waals surface area contributed by atoms with Crippen LogP contribution in [-0.2, 0) is 6.54 Å². The average molecular weight is 221 g/mol. The van der Waals surface area contributed by atoms with Gasteiger partial charge in [-0.1, -0.05) is 0 Å². The first-order chi connectivity index (χ1) is 7.18. The lowest BCUT2D eigenvalue weighted by atomic mass is 10.1. The second-order valence-electron chi connectivity index (χ2n) is 3.28. The fraction of sp³-hybridized carbons (Fsp3) is 0.222. The number of hydrogen-bond donors (Lipinski definition) is 2. The molecule has 2 heterocycles. The smallest absolute Gasteiger partial charge is 0.220 e. The molecule has 0 fully saturated rings. The normalized spacial score (nSPS) is 10.5. The maximum absolute atomic E-state index is 5.67. The van der Waals surface area contributed by atoms with E-state index < -0.39 is 0 Å². The zero-order chi connectivity index (χ0) is 10.8. The van der Waals surface area contributed by atoms with E-state index in [1.165, 1.54) is 0 Å². The van der Waals surface area contributed by atoms with Crippen molar-refractivity contribution in [1.82, 2.24) is 19.7 Å². The summed E-state index contributed by atoms with van der Waals surface area (Å²) in [6.07, 6.45) is 3.57. The van der Waals surface area contributed by atoms with Crippen LogP contribution in [0, 0.1) is 11.7 Å². The molecular weight excluding hydrogens is 210 g/mol. The Morgan fingerprint density at radius 3 is 3.00 bits per heavy atom. The van der Waals surface area contributed by atoms with Gasteiger partial charge in [-0.05, 0) is 36.3 Å². The number of hydrogen-bond acceptors (Lipinski definition) is 4. The number of nitrogen functional groups attached to an aromatic ring is 1. The lowest BCUT2D eigenvalue weighted by Crippen LogP contribution is -2.06. The van der Waals surface area contributed by atoms with Crippen LogP contribution in [0.4, 0.5) is 5.95 Å². The van der Waals surface area contributed by atoms with E-state index in [4.69, 9.17) is 18.0 Å². The van der Waals surface area contributed by atoms with Crippen LogP contribution in [0.1, 0.15) is 11.1 Å². The average Bonchev–Trinajstić information content (AvgIpc) is 2.53. The summed E-state index contributed by atoms with van der Waals surface area (Å²) in [7, 11) is 0. The molecule has 2 rings (SSSR count). The molecule has 0 unspecified atom stereocenters. The van der Waals surface area contributed by atoms with Crippen LogP contribution in [0.3, 0.4) is 0 Å². The predicted octanol–water partition coefficient (Wildman–Crippen LogP) is 1.27. The number of H-pyrrole nitrogens is 1. The largest absolute Gasteiger partial charge is 0.368 e. The first-order valence-corrected chi connectivity index (χ1v) is 4.89. The molecule has 0 bridgehead atoms. The summed E-state index contributed by atoms with van der Waals surface area (Å²) in [5.74, 6) is 0.392. The van der Waals surface area contributed by atoms with E-state index in [0.717, 1.165) is 11.1 Å². The molecule has 78 valence electrons. The van der Waals surface area contributed by atoms with Crippen molar-refractivity contribution in [2.45, 2.75) is 13.5 Å². The third kappa shape index (κ3) is 1.89. The van der Waals surface area contributed by atoms with Crippen LogP contribution >= 0.6 is 12.2 Å². The topological polar surface area (TPSA) is 72.5 Å². The highest BCUT2D eigenvalue weighted by atomic mass is 32.1. The third-order valence-electron chi connectivity index (χ3n) is 2.26. The summed E-state index contributed by atoms with van der Waals surface area (Å²) >= 11 is 5.06. The van der Waals surface area contributed by atoms with E-state index in [0.29, 0.717) is 17.3 Å². The minimum atomic E-state index is 0.392. The minimum absolute atomic E-state index is 0.392. The molecule has 0 aromatic carbocycles. The molecule has 6 heteroatoms. The lowest BCUT2D eigenvalue weighted by molar-refractivity contribution is 0.784. The van der Waals surface area contributed by atoms with E-state index in [1.54, 1.807) is 10.8 Å². The number of aryl methyl sites for hydroxylation is 1. The standard InChI is InChI=1S/C9H11N5S/c1-6-2-3-11-4-7(6)5-14-8(10)12-13-9(14)15/h2-4H,5H2,1H3,(H2,10,12)(H,13,15). The van der Waals surface area contributed by atoms with Crippen molar-refractivity contribution in [3.8, 4) is 0 Å². The Morgan fingerprint density at radius 1 is 1.60 bits per heavy atom. The van der Waals surface area contributed by atoms with Crippen LogP contribution in [-0.4, -0.2) is 19.7 Å². The maximum Gasteiger partial charge on any atom is 0.220 e. The number of anilines is 1. The van der Waals surface area contributed by atoms with Gasteiger partial charge in [-0.15, -0.1) is 5.10 Å². The molecule has 0 amide bonds. The molecule has 5 nitrogen and oxygen atoms in total. The van der Waals surface area contributed by atoms with Crippen LogP contribution in [0.5, 0.6) is 0 Å². The molecule has 15 heavy (non-hydrogen) atoms. The fourth-order valence-corrected chi connectivity index (χ4v) is 1.52. The van der Waals surface area contributed by atoms with Crippen LogP contribution in [0.25, 0.3) is 0 Å². The quantitative estimate of drug-likeness (QED) is 0.749. The molecule has 2 aromatic rings. The zero-order valence-electron chi connectivity index (χ0n) is 8.27. The minimum Gasteiger partial charge on any atom is -0.368 e. The highest BCUT2D eigenvalue weighted by molar-refractivity contribution is 7.71. The van der Waals surface area contributed by atoms with Gasteiger partial charge < -0.3 is 5.73 Å². The summed E-state index contributed by atoms with van der Waals surface area (Å²) in [6.45, 7) is 2.62. The SMILES string of the molecule is Cc1ccncc1Cn1c(N)n[nH]c1=S. The van der Waals surface area contributed by atoms with E-state index >= 15 is 0 Å². The van der Waals surface area contributed by atoms with Crippen molar-refractivity contribution in [3.63, 3.8) is 0 Å². The second-order valence-corrected chi connectivity index (χ2v) is 3.66. The number of nitrogens with two attached hydrogens (primary N) is 1. The molecule has 0 atom stereocenters. The predicted molar refractivity (Wildman–Crippen MR) is 59.9 cm³/mol. The highest BCUT2D eigenvalue weighted by Gasteiger charge is 2.04. The Balaban J connectivity index is 2.38. The van der Waals surface area contributed by atoms with Gasteiger partial charge in [0.2, 0.25) is 5.95 Å². The Morgan fingerprint density at radius 2 is 2.40 bits per heavy atom. The Bertz CT molecular complexity index is 527. The molecule has 0 spiro atoms. The van der Waals surface area contributed by atoms with Crippen molar-refractivity contribution in [2.75, 3.05) is 5.73 Å². The first-order valence-electron chi connectivity index (χ1n) is 4.48. The molecular formula is C9H11N5S. The lowest BCUT2D eigenvalue weighted by Gasteiger charge is -2.06. The summed E-state index contributed by atoms with van der Waals surface area (Å²) < 4.78 is 2.26. The van der Waals surface area contributed by atoms with Crippen LogP contribution in [0.15, 0.2) is 18.5 Å².